The van der Waals surface area contributed by atoms with Crippen molar-refractivity contribution in [3.05, 3.63) is 29.8 Å². The smallest absolute Gasteiger partial charge is 0.140 e. The van der Waals surface area contributed by atoms with E-state index in [9.17, 15) is 4.39 Å². The number of ether oxygens (including phenoxy) is 1. The number of alkyl halides is 1. The van der Waals surface area contributed by atoms with Gasteiger partial charge in [-0.15, -0.1) is 0 Å². The Balaban J connectivity index is 0.000000165. The molecule has 0 aromatic carbocycles. The topological polar surface area (TPSA) is 81.9 Å². The summed E-state index contributed by atoms with van der Waals surface area (Å²) in [5.41, 5.74) is 3.92. The van der Waals surface area contributed by atoms with E-state index in [4.69, 9.17) is 16.3 Å². The van der Waals surface area contributed by atoms with Gasteiger partial charge in [-0.3, -0.25) is 10.00 Å². The number of nitrogens with zero attached hydrogens (tertiary/aromatic N) is 3. The summed E-state index contributed by atoms with van der Waals surface area (Å²) in [5.74, 6) is 0. The van der Waals surface area contributed by atoms with Gasteiger partial charge in [0.1, 0.15) is 11.8 Å². The van der Waals surface area contributed by atoms with Crippen molar-refractivity contribution < 1.29 is 9.13 Å². The largest absolute Gasteiger partial charge is 0.381 e. The number of nitrogens with one attached hydrogen (secondary N) is 3. The Morgan fingerprint density at radius 2 is 1.97 bits per heavy atom. The van der Waals surface area contributed by atoms with E-state index in [-0.39, 0.29) is 0 Å². The quantitative estimate of drug-likeness (QED) is 0.522. The molecule has 9 heteroatoms. The molecule has 2 saturated heterocycles. The zero-order chi connectivity index (χ0) is 21.9. The highest BCUT2D eigenvalue weighted by atomic mass is 35.5. The standard InChI is InChI=1S/C15H16ClN5.C8H14FNO/c16-12-8-18-15-13(12)14(21-10-3-1-2-4-10)11(7-17-15)9-5-19-20-6-9;9-7-2-1-3-10(4-7)8-5-11-6-8/h5-8,10H,1-4H2,(H,19,20)(H2,17,18,21);7-8H,1-6H2. The Morgan fingerprint density at radius 3 is 2.66 bits per heavy atom. The van der Waals surface area contributed by atoms with Gasteiger partial charge in [-0.1, -0.05) is 24.4 Å². The highest BCUT2D eigenvalue weighted by Crippen LogP contribution is 2.38. The summed E-state index contributed by atoms with van der Waals surface area (Å²) in [7, 11) is 0. The van der Waals surface area contributed by atoms with Gasteiger partial charge >= 0.3 is 0 Å². The summed E-state index contributed by atoms with van der Waals surface area (Å²) < 4.78 is 17.9. The highest BCUT2D eigenvalue weighted by molar-refractivity contribution is 6.36. The van der Waals surface area contributed by atoms with Crippen LogP contribution < -0.4 is 5.32 Å². The first-order valence-electron chi connectivity index (χ1n) is 11.6. The lowest BCUT2D eigenvalue weighted by Crippen LogP contribution is -2.52. The molecule has 0 radical (unpaired) electrons. The molecule has 0 amide bonds. The zero-order valence-corrected chi connectivity index (χ0v) is 18.9. The van der Waals surface area contributed by atoms with Crippen molar-refractivity contribution in [2.24, 2.45) is 0 Å². The average Bonchev–Trinajstić information content (AvgIpc) is 3.51. The van der Waals surface area contributed by atoms with Gasteiger partial charge in [-0.2, -0.15) is 5.10 Å². The van der Waals surface area contributed by atoms with Crippen LogP contribution in [0.1, 0.15) is 38.5 Å². The van der Waals surface area contributed by atoms with Crippen LogP contribution in [-0.2, 0) is 4.74 Å². The third-order valence-electron chi connectivity index (χ3n) is 6.70. The van der Waals surface area contributed by atoms with Crippen LogP contribution in [-0.4, -0.2) is 69.6 Å². The molecule has 0 bridgehead atoms. The number of hydrogen-bond acceptors (Lipinski definition) is 5. The van der Waals surface area contributed by atoms with Gasteiger partial charge in [0.15, 0.2) is 0 Å². The number of H-pyrrole nitrogens is 2. The van der Waals surface area contributed by atoms with Gasteiger partial charge < -0.3 is 15.0 Å². The predicted octanol–water partition coefficient (Wildman–Crippen LogP) is 4.78. The monoisotopic (exact) mass is 460 g/mol. The van der Waals surface area contributed by atoms with E-state index in [1.807, 2.05) is 18.6 Å². The second kappa shape index (κ2) is 9.77. The number of likely N-dealkylation sites (tertiary alicyclic amines) is 1. The number of pyridine rings is 1. The SMILES string of the molecule is Clc1c[nH]c2ncc(-c3cn[nH]c3)c(NC3CCCC3)c12.FC1CCCN(C2COC2)C1. The van der Waals surface area contributed by atoms with Crippen LogP contribution >= 0.6 is 11.6 Å². The number of hydrogen-bond donors (Lipinski definition) is 3. The number of anilines is 1. The zero-order valence-electron chi connectivity index (χ0n) is 18.1. The molecule has 1 atom stereocenters. The Bertz CT molecular complexity index is 1020. The molecule has 3 aromatic heterocycles. The van der Waals surface area contributed by atoms with Crippen molar-refractivity contribution in [2.75, 3.05) is 31.6 Å². The molecule has 172 valence electrons. The van der Waals surface area contributed by atoms with E-state index >= 15 is 0 Å². The van der Waals surface area contributed by atoms with Gasteiger partial charge in [-0.25, -0.2) is 9.37 Å². The normalized spacial score (nSPS) is 22.5. The molecule has 2 aliphatic heterocycles. The fourth-order valence-corrected chi connectivity index (χ4v) is 5.06. The van der Waals surface area contributed by atoms with Crippen LogP contribution in [0.2, 0.25) is 5.02 Å². The van der Waals surface area contributed by atoms with Crippen molar-refractivity contribution >= 4 is 28.3 Å². The van der Waals surface area contributed by atoms with Crippen LogP contribution in [0.15, 0.2) is 24.8 Å². The third kappa shape index (κ3) is 4.63. The molecule has 1 aliphatic carbocycles. The van der Waals surface area contributed by atoms with E-state index in [1.54, 1.807) is 6.20 Å². The molecule has 7 nitrogen and oxygen atoms in total. The van der Waals surface area contributed by atoms with Crippen LogP contribution in [0.4, 0.5) is 10.1 Å². The predicted molar refractivity (Wildman–Crippen MR) is 125 cm³/mol. The lowest BCUT2D eigenvalue weighted by atomic mass is 10.1. The minimum absolute atomic E-state index is 0.507. The Labute approximate surface area is 192 Å². The number of rotatable bonds is 4. The molecule has 6 rings (SSSR count). The van der Waals surface area contributed by atoms with E-state index < -0.39 is 6.17 Å². The van der Waals surface area contributed by atoms with E-state index in [0.29, 0.717) is 23.7 Å². The Hall–Kier alpha value is -2.16. The Kier molecular flexibility index (Phi) is 6.62. The molecule has 3 aromatic rings. The van der Waals surface area contributed by atoms with Crippen molar-refractivity contribution in [1.29, 1.82) is 0 Å². The van der Waals surface area contributed by atoms with E-state index in [0.717, 1.165) is 60.4 Å². The lowest BCUT2D eigenvalue weighted by molar-refractivity contribution is -0.0780. The van der Waals surface area contributed by atoms with Gasteiger partial charge in [0.05, 0.1) is 41.5 Å². The van der Waals surface area contributed by atoms with Gasteiger partial charge in [0, 0.05) is 42.3 Å². The second-order valence-corrected chi connectivity index (χ2v) is 9.35. The van der Waals surface area contributed by atoms with Crippen LogP contribution in [0.5, 0.6) is 0 Å². The first kappa shape index (κ1) is 21.7. The Morgan fingerprint density at radius 1 is 1.12 bits per heavy atom. The first-order valence-corrected chi connectivity index (χ1v) is 11.9. The molecular weight excluding hydrogens is 431 g/mol. The summed E-state index contributed by atoms with van der Waals surface area (Å²) in [6, 6.07) is 1.03. The average molecular weight is 461 g/mol. The number of halogens is 2. The van der Waals surface area contributed by atoms with Crippen LogP contribution in [0.3, 0.4) is 0 Å². The summed E-state index contributed by atoms with van der Waals surface area (Å²) in [4.78, 5) is 9.81. The van der Waals surface area contributed by atoms with Crippen molar-refractivity contribution in [3.8, 4) is 11.1 Å². The van der Waals surface area contributed by atoms with E-state index in [1.165, 1.54) is 25.7 Å². The number of fused-ring (bicyclic) bond motifs is 1. The van der Waals surface area contributed by atoms with Crippen LogP contribution in [0.25, 0.3) is 22.2 Å². The second-order valence-electron chi connectivity index (χ2n) is 8.95. The maximum absolute atomic E-state index is 12.9. The minimum Gasteiger partial charge on any atom is -0.381 e. The number of piperidine rings is 1. The molecule has 32 heavy (non-hydrogen) atoms. The molecule has 3 N–H and O–H groups in total. The molecule has 1 saturated carbocycles. The van der Waals surface area contributed by atoms with Crippen molar-refractivity contribution in [3.63, 3.8) is 0 Å². The molecule has 5 heterocycles. The lowest BCUT2D eigenvalue weighted by Gasteiger charge is -2.40. The number of aromatic amines is 2. The van der Waals surface area contributed by atoms with Crippen molar-refractivity contribution in [1.82, 2.24) is 25.1 Å². The fraction of sp³-hybridized carbons (Fsp3) is 0.565. The molecule has 3 fully saturated rings. The fourth-order valence-electron chi connectivity index (χ4n) is 4.82. The summed E-state index contributed by atoms with van der Waals surface area (Å²) in [5, 5.41) is 12.2. The summed E-state index contributed by atoms with van der Waals surface area (Å²) >= 11 is 6.36. The van der Waals surface area contributed by atoms with Gasteiger partial charge in [-0.05, 0) is 32.2 Å². The highest BCUT2D eigenvalue weighted by Gasteiger charge is 2.30. The van der Waals surface area contributed by atoms with Gasteiger partial charge in [0.2, 0.25) is 0 Å². The molecule has 1 unspecified atom stereocenters. The number of aromatic nitrogens is 4. The summed E-state index contributed by atoms with van der Waals surface area (Å²) in [6.45, 7) is 3.32. The third-order valence-corrected chi connectivity index (χ3v) is 7.00. The minimum atomic E-state index is -0.593. The molecular formula is C23H30ClFN6O. The first-order chi connectivity index (χ1) is 15.7. The maximum Gasteiger partial charge on any atom is 0.140 e. The molecule has 3 aliphatic rings. The maximum atomic E-state index is 12.9. The van der Waals surface area contributed by atoms with Gasteiger partial charge in [0.25, 0.3) is 0 Å². The van der Waals surface area contributed by atoms with Crippen LogP contribution in [0, 0.1) is 0 Å². The summed E-state index contributed by atoms with van der Waals surface area (Å²) in [6.07, 6.45) is 13.5. The van der Waals surface area contributed by atoms with E-state index in [2.05, 4.69) is 30.4 Å². The van der Waals surface area contributed by atoms with Crippen molar-refractivity contribution in [2.45, 2.75) is 56.8 Å². The molecule has 0 spiro atoms.